The molecule has 0 aliphatic heterocycles. The number of nitrogens with zero attached hydrogens (tertiary/aromatic N) is 1. The zero-order chi connectivity index (χ0) is 6.27. The molecule has 0 saturated heterocycles. The van der Waals surface area contributed by atoms with Crippen LogP contribution in [0.3, 0.4) is 0 Å². The van der Waals surface area contributed by atoms with Gasteiger partial charge in [-0.3, -0.25) is 0 Å². The second kappa shape index (κ2) is 1.57. The minimum Gasteiger partial charge on any atom is -0.365 e. The number of hydrogen-bond donors (Lipinski definition) is 1. The predicted molar refractivity (Wildman–Crippen MR) is 31.8 cm³/mol. The molecule has 1 saturated carbocycles. The number of aromatic nitrogens is 1. The van der Waals surface area contributed by atoms with Gasteiger partial charge in [-0.25, -0.2) is 0 Å². The summed E-state index contributed by atoms with van der Waals surface area (Å²) in [7, 11) is 0. The first-order valence-corrected chi connectivity index (χ1v) is 3.04. The van der Waals surface area contributed by atoms with E-state index in [9.17, 15) is 0 Å². The summed E-state index contributed by atoms with van der Waals surface area (Å²) in [5.74, 6) is 0.476. The monoisotopic (exact) mass is 124 g/mol. The Morgan fingerprint density at radius 1 is 1.78 bits per heavy atom. The van der Waals surface area contributed by atoms with Gasteiger partial charge >= 0.3 is 0 Å². The standard InChI is InChI=1S/C6H8N2O/c7-5-3-4(5)6-1-2-9-8-6/h1-2,4-5H,3,7H2/t4-,5-/m1/s1. The maximum absolute atomic E-state index is 5.58. The minimum absolute atomic E-state index is 0.329. The number of rotatable bonds is 1. The third-order valence-corrected chi connectivity index (χ3v) is 1.68. The van der Waals surface area contributed by atoms with Gasteiger partial charge in [0.1, 0.15) is 6.26 Å². The Labute approximate surface area is 52.8 Å². The Bertz CT molecular complexity index is 195. The molecule has 1 aliphatic carbocycles. The van der Waals surface area contributed by atoms with Crippen LogP contribution in [-0.4, -0.2) is 11.2 Å². The molecule has 0 unspecified atom stereocenters. The number of nitrogens with two attached hydrogens (primary N) is 1. The van der Waals surface area contributed by atoms with Gasteiger partial charge in [-0.1, -0.05) is 5.16 Å². The molecule has 2 N–H and O–H groups in total. The summed E-state index contributed by atoms with van der Waals surface area (Å²) in [5.41, 5.74) is 6.58. The molecule has 0 radical (unpaired) electrons. The first-order chi connectivity index (χ1) is 4.38. The number of hydrogen-bond acceptors (Lipinski definition) is 3. The molecule has 48 valence electrons. The van der Waals surface area contributed by atoms with Crippen LogP contribution in [0.4, 0.5) is 0 Å². The predicted octanol–water partition coefficient (Wildman–Crippen LogP) is 0.489. The Morgan fingerprint density at radius 3 is 3.00 bits per heavy atom. The highest BCUT2D eigenvalue weighted by molar-refractivity contribution is 5.17. The van der Waals surface area contributed by atoms with E-state index in [0.29, 0.717) is 12.0 Å². The molecule has 2 atom stereocenters. The van der Waals surface area contributed by atoms with Gasteiger partial charge in [0.2, 0.25) is 0 Å². The summed E-state index contributed by atoms with van der Waals surface area (Å²) in [6, 6.07) is 2.20. The van der Waals surface area contributed by atoms with Crippen molar-refractivity contribution < 1.29 is 4.52 Å². The smallest absolute Gasteiger partial charge is 0.124 e. The van der Waals surface area contributed by atoms with Crippen molar-refractivity contribution in [3.05, 3.63) is 18.0 Å². The molecule has 2 rings (SSSR count). The SMILES string of the molecule is N[C@@H]1C[C@H]1c1ccon1. The molecule has 1 aromatic heterocycles. The zero-order valence-corrected chi connectivity index (χ0v) is 4.95. The van der Waals surface area contributed by atoms with Crippen molar-refractivity contribution in [2.75, 3.05) is 0 Å². The largest absolute Gasteiger partial charge is 0.365 e. The van der Waals surface area contributed by atoms with E-state index in [1.807, 2.05) is 6.07 Å². The molecule has 0 amide bonds. The van der Waals surface area contributed by atoms with Crippen LogP contribution in [0.1, 0.15) is 18.0 Å². The van der Waals surface area contributed by atoms with E-state index in [1.54, 1.807) is 6.26 Å². The van der Waals surface area contributed by atoms with Gasteiger partial charge < -0.3 is 10.3 Å². The van der Waals surface area contributed by atoms with E-state index in [1.165, 1.54) is 0 Å². The molecular weight excluding hydrogens is 116 g/mol. The average Bonchev–Trinajstić information content (AvgIpc) is 2.44. The van der Waals surface area contributed by atoms with Crippen LogP contribution in [0.15, 0.2) is 16.9 Å². The highest BCUT2D eigenvalue weighted by Crippen LogP contribution is 2.37. The fourth-order valence-corrected chi connectivity index (χ4v) is 0.968. The lowest BCUT2D eigenvalue weighted by atomic mass is 10.3. The van der Waals surface area contributed by atoms with Gasteiger partial charge in [0.05, 0.1) is 5.69 Å². The van der Waals surface area contributed by atoms with Crippen LogP contribution >= 0.6 is 0 Å². The van der Waals surface area contributed by atoms with Gasteiger partial charge in [0.15, 0.2) is 0 Å². The Kier molecular flexibility index (Phi) is 0.873. The molecule has 1 aliphatic rings. The lowest BCUT2D eigenvalue weighted by molar-refractivity contribution is 0.411. The fraction of sp³-hybridized carbons (Fsp3) is 0.500. The van der Waals surface area contributed by atoms with Gasteiger partial charge in [-0.2, -0.15) is 0 Å². The van der Waals surface area contributed by atoms with E-state index < -0.39 is 0 Å². The van der Waals surface area contributed by atoms with Crippen LogP contribution in [-0.2, 0) is 0 Å². The highest BCUT2D eigenvalue weighted by Gasteiger charge is 2.36. The molecule has 1 aromatic rings. The van der Waals surface area contributed by atoms with Crippen molar-refractivity contribution in [3.63, 3.8) is 0 Å². The van der Waals surface area contributed by atoms with E-state index >= 15 is 0 Å². The Hall–Kier alpha value is -0.830. The topological polar surface area (TPSA) is 52.0 Å². The molecule has 0 spiro atoms. The first-order valence-electron chi connectivity index (χ1n) is 3.04. The van der Waals surface area contributed by atoms with E-state index in [2.05, 4.69) is 9.68 Å². The molecular formula is C6H8N2O. The van der Waals surface area contributed by atoms with E-state index in [0.717, 1.165) is 12.1 Å². The third-order valence-electron chi connectivity index (χ3n) is 1.68. The van der Waals surface area contributed by atoms with Crippen molar-refractivity contribution in [1.29, 1.82) is 0 Å². The summed E-state index contributed by atoms with van der Waals surface area (Å²) < 4.78 is 4.66. The van der Waals surface area contributed by atoms with Crippen LogP contribution in [0.5, 0.6) is 0 Å². The van der Waals surface area contributed by atoms with E-state index in [-0.39, 0.29) is 0 Å². The summed E-state index contributed by atoms with van der Waals surface area (Å²) in [6.07, 6.45) is 2.65. The quantitative estimate of drug-likeness (QED) is 0.592. The Morgan fingerprint density at radius 2 is 2.56 bits per heavy atom. The second-order valence-electron chi connectivity index (χ2n) is 2.43. The molecule has 0 aromatic carbocycles. The molecule has 0 bridgehead atoms. The zero-order valence-electron chi connectivity index (χ0n) is 4.95. The van der Waals surface area contributed by atoms with Crippen molar-refractivity contribution in [3.8, 4) is 0 Å². The van der Waals surface area contributed by atoms with Crippen molar-refractivity contribution in [1.82, 2.24) is 5.16 Å². The summed E-state index contributed by atoms with van der Waals surface area (Å²) in [4.78, 5) is 0. The van der Waals surface area contributed by atoms with Crippen LogP contribution < -0.4 is 5.73 Å². The van der Waals surface area contributed by atoms with Crippen LogP contribution in [0, 0.1) is 0 Å². The van der Waals surface area contributed by atoms with E-state index in [4.69, 9.17) is 5.73 Å². The maximum atomic E-state index is 5.58. The van der Waals surface area contributed by atoms with Crippen molar-refractivity contribution in [2.45, 2.75) is 18.4 Å². The molecule has 1 fully saturated rings. The highest BCUT2D eigenvalue weighted by atomic mass is 16.5. The fourth-order valence-electron chi connectivity index (χ4n) is 0.968. The molecule has 3 nitrogen and oxygen atoms in total. The van der Waals surface area contributed by atoms with Crippen LogP contribution in [0.25, 0.3) is 0 Å². The lowest BCUT2D eigenvalue weighted by Gasteiger charge is -1.83. The third kappa shape index (κ3) is 0.733. The van der Waals surface area contributed by atoms with Gasteiger partial charge in [-0.15, -0.1) is 0 Å². The Balaban J connectivity index is 2.18. The van der Waals surface area contributed by atoms with Crippen molar-refractivity contribution in [2.24, 2.45) is 5.73 Å². The van der Waals surface area contributed by atoms with Gasteiger partial charge in [0.25, 0.3) is 0 Å². The lowest BCUT2D eigenvalue weighted by Crippen LogP contribution is -2.00. The average molecular weight is 124 g/mol. The van der Waals surface area contributed by atoms with Gasteiger partial charge in [-0.05, 0) is 6.42 Å². The summed E-state index contributed by atoms with van der Waals surface area (Å²) in [5, 5.41) is 3.77. The maximum Gasteiger partial charge on any atom is 0.124 e. The summed E-state index contributed by atoms with van der Waals surface area (Å²) >= 11 is 0. The molecule has 1 heterocycles. The molecule has 3 heteroatoms. The van der Waals surface area contributed by atoms with Crippen LogP contribution in [0.2, 0.25) is 0 Å². The van der Waals surface area contributed by atoms with Gasteiger partial charge in [0, 0.05) is 18.0 Å². The van der Waals surface area contributed by atoms with Crippen molar-refractivity contribution >= 4 is 0 Å². The second-order valence-corrected chi connectivity index (χ2v) is 2.43. The minimum atomic E-state index is 0.329. The first kappa shape index (κ1) is 4.99. The normalized spacial score (nSPS) is 32.6. The molecule has 9 heavy (non-hydrogen) atoms. The summed E-state index contributed by atoms with van der Waals surface area (Å²) in [6.45, 7) is 0.